The lowest BCUT2D eigenvalue weighted by molar-refractivity contribution is 0.0694. The zero-order valence-electron chi connectivity index (χ0n) is 10.9. The largest absolute Gasteiger partial charge is 0.477 e. The molecule has 2 heterocycles. The number of rotatable bonds is 3. The first-order valence-corrected chi connectivity index (χ1v) is 5.76. The first kappa shape index (κ1) is 13.1. The van der Waals surface area contributed by atoms with E-state index in [1.54, 1.807) is 19.9 Å². The van der Waals surface area contributed by atoms with E-state index in [1.165, 1.54) is 10.6 Å². The molecule has 0 saturated carbocycles. The number of pyridine rings is 1. The number of hydrogen-bond donors (Lipinski definition) is 1. The van der Waals surface area contributed by atoms with Crippen molar-refractivity contribution >= 4 is 5.97 Å². The molecule has 0 aliphatic heterocycles. The van der Waals surface area contributed by atoms with Gasteiger partial charge in [0.15, 0.2) is 0 Å². The van der Waals surface area contributed by atoms with Crippen LogP contribution in [0.3, 0.4) is 0 Å². The van der Waals surface area contributed by atoms with Gasteiger partial charge in [0.25, 0.3) is 5.56 Å². The van der Waals surface area contributed by atoms with Crippen LogP contribution in [-0.2, 0) is 6.54 Å². The van der Waals surface area contributed by atoms with Gasteiger partial charge in [-0.3, -0.25) is 4.79 Å². The van der Waals surface area contributed by atoms with Gasteiger partial charge in [-0.05, 0) is 32.9 Å². The van der Waals surface area contributed by atoms with E-state index in [2.05, 4.69) is 4.98 Å². The van der Waals surface area contributed by atoms with Gasteiger partial charge < -0.3 is 14.1 Å². The summed E-state index contributed by atoms with van der Waals surface area (Å²) in [7, 11) is 0. The van der Waals surface area contributed by atoms with E-state index in [4.69, 9.17) is 9.52 Å². The fourth-order valence-corrected chi connectivity index (χ4v) is 1.77. The van der Waals surface area contributed by atoms with Crippen molar-refractivity contribution in [2.45, 2.75) is 27.3 Å². The molecule has 0 aliphatic rings. The van der Waals surface area contributed by atoms with Crippen molar-refractivity contribution in [3.63, 3.8) is 0 Å². The number of oxazole rings is 1. The average molecular weight is 262 g/mol. The van der Waals surface area contributed by atoms with Crippen molar-refractivity contribution in [3.05, 3.63) is 51.1 Å². The molecule has 0 fully saturated rings. The van der Waals surface area contributed by atoms with Crippen molar-refractivity contribution in [1.29, 1.82) is 0 Å². The topological polar surface area (TPSA) is 85.3 Å². The smallest absolute Gasteiger partial charge is 0.341 e. The highest BCUT2D eigenvalue weighted by atomic mass is 16.4. The second-order valence-corrected chi connectivity index (χ2v) is 4.33. The van der Waals surface area contributed by atoms with Gasteiger partial charge in [-0.15, -0.1) is 0 Å². The molecule has 1 N–H and O–H groups in total. The van der Waals surface area contributed by atoms with E-state index < -0.39 is 11.5 Å². The van der Waals surface area contributed by atoms with Crippen LogP contribution in [0.25, 0.3) is 0 Å². The Hall–Kier alpha value is -2.37. The Bertz CT molecular complexity index is 678. The number of aryl methyl sites for hydroxylation is 3. The number of aromatic carboxylic acids is 1. The second-order valence-electron chi connectivity index (χ2n) is 4.33. The molecule has 19 heavy (non-hydrogen) atoms. The summed E-state index contributed by atoms with van der Waals surface area (Å²) in [5.74, 6) is -0.156. The highest BCUT2D eigenvalue weighted by Gasteiger charge is 2.14. The number of carboxylic acids is 1. The summed E-state index contributed by atoms with van der Waals surface area (Å²) >= 11 is 0. The summed E-state index contributed by atoms with van der Waals surface area (Å²) in [5, 5.41) is 8.94. The molecule has 0 saturated heterocycles. The summed E-state index contributed by atoms with van der Waals surface area (Å²) < 4.78 is 6.75. The zero-order valence-corrected chi connectivity index (χ0v) is 10.9. The summed E-state index contributed by atoms with van der Waals surface area (Å²) in [6, 6.07) is 2.90. The molecule has 0 aliphatic carbocycles. The first-order valence-electron chi connectivity index (χ1n) is 5.76. The molecule has 0 aromatic carbocycles. The number of aromatic nitrogens is 2. The summed E-state index contributed by atoms with van der Waals surface area (Å²) in [6.45, 7) is 5.46. The lowest BCUT2D eigenvalue weighted by Crippen LogP contribution is -2.28. The molecular formula is C13H14N2O4. The molecule has 6 heteroatoms. The van der Waals surface area contributed by atoms with Gasteiger partial charge >= 0.3 is 5.97 Å². The SMILES string of the molecule is Cc1nc(Cn2c(C)ccc(C(=O)O)c2=O)oc1C. The van der Waals surface area contributed by atoms with Gasteiger partial charge in [0, 0.05) is 5.69 Å². The molecule has 100 valence electrons. The van der Waals surface area contributed by atoms with Gasteiger partial charge in [0.05, 0.1) is 5.69 Å². The van der Waals surface area contributed by atoms with E-state index in [1.807, 2.05) is 6.92 Å². The van der Waals surface area contributed by atoms with Crippen molar-refractivity contribution in [2.75, 3.05) is 0 Å². The van der Waals surface area contributed by atoms with E-state index in [9.17, 15) is 9.59 Å². The third-order valence-electron chi connectivity index (χ3n) is 2.99. The zero-order chi connectivity index (χ0) is 14.2. The number of nitrogens with zero attached hydrogens (tertiary/aromatic N) is 2. The fraction of sp³-hybridized carbons (Fsp3) is 0.308. The number of carbonyl (C=O) groups is 1. The summed E-state index contributed by atoms with van der Waals surface area (Å²) in [5.41, 5.74) is 0.602. The Morgan fingerprint density at radius 2 is 2.05 bits per heavy atom. The van der Waals surface area contributed by atoms with Gasteiger partial charge in [0.2, 0.25) is 5.89 Å². The van der Waals surface area contributed by atoms with Gasteiger partial charge in [-0.1, -0.05) is 0 Å². The summed E-state index contributed by atoms with van der Waals surface area (Å²) in [6.07, 6.45) is 0. The second kappa shape index (κ2) is 4.72. The van der Waals surface area contributed by atoms with Crippen molar-refractivity contribution in [1.82, 2.24) is 9.55 Å². The van der Waals surface area contributed by atoms with Crippen LogP contribution in [-0.4, -0.2) is 20.6 Å². The maximum Gasteiger partial charge on any atom is 0.341 e. The quantitative estimate of drug-likeness (QED) is 0.906. The van der Waals surface area contributed by atoms with Crippen LogP contribution in [0.15, 0.2) is 21.3 Å². The van der Waals surface area contributed by atoms with Crippen LogP contribution < -0.4 is 5.56 Å². The van der Waals surface area contributed by atoms with E-state index in [-0.39, 0.29) is 12.1 Å². The maximum atomic E-state index is 12.0. The van der Waals surface area contributed by atoms with Gasteiger partial charge in [-0.25, -0.2) is 9.78 Å². The Kier molecular flexibility index (Phi) is 3.25. The molecule has 2 rings (SSSR count). The third kappa shape index (κ3) is 2.42. The molecule has 0 amide bonds. The van der Waals surface area contributed by atoms with Gasteiger partial charge in [0.1, 0.15) is 17.9 Å². The highest BCUT2D eigenvalue weighted by molar-refractivity contribution is 5.87. The van der Waals surface area contributed by atoms with Crippen LogP contribution >= 0.6 is 0 Å². The van der Waals surface area contributed by atoms with Crippen LogP contribution in [0.2, 0.25) is 0 Å². The van der Waals surface area contributed by atoms with Gasteiger partial charge in [-0.2, -0.15) is 0 Å². The summed E-state index contributed by atoms with van der Waals surface area (Å²) in [4.78, 5) is 27.2. The fourth-order valence-electron chi connectivity index (χ4n) is 1.77. The van der Waals surface area contributed by atoms with E-state index >= 15 is 0 Å². The Balaban J connectivity index is 2.47. The van der Waals surface area contributed by atoms with Crippen molar-refractivity contribution in [2.24, 2.45) is 0 Å². The van der Waals surface area contributed by atoms with Crippen LogP contribution in [0.5, 0.6) is 0 Å². The predicted octanol–water partition coefficient (Wildman–Crippen LogP) is 1.51. The molecule has 0 bridgehead atoms. The minimum Gasteiger partial charge on any atom is -0.477 e. The first-order chi connectivity index (χ1) is 8.90. The van der Waals surface area contributed by atoms with Crippen molar-refractivity contribution < 1.29 is 14.3 Å². The monoisotopic (exact) mass is 262 g/mol. The minimum atomic E-state index is -1.24. The molecule has 0 atom stereocenters. The number of carboxylic acid groups (broad SMARTS) is 1. The molecule has 6 nitrogen and oxygen atoms in total. The lowest BCUT2D eigenvalue weighted by Gasteiger charge is -2.08. The standard InChI is InChI=1S/C13H14N2O4/c1-7-4-5-10(13(17)18)12(16)15(7)6-11-14-8(2)9(3)19-11/h4-5H,6H2,1-3H3,(H,17,18). The highest BCUT2D eigenvalue weighted by Crippen LogP contribution is 2.10. The molecule has 2 aromatic rings. The Morgan fingerprint density at radius 3 is 2.58 bits per heavy atom. The maximum absolute atomic E-state index is 12.0. The molecule has 2 aromatic heterocycles. The Morgan fingerprint density at radius 1 is 1.37 bits per heavy atom. The minimum absolute atomic E-state index is 0.125. The lowest BCUT2D eigenvalue weighted by atomic mass is 10.2. The molecule has 0 radical (unpaired) electrons. The van der Waals surface area contributed by atoms with E-state index in [0.717, 1.165) is 5.69 Å². The number of hydrogen-bond acceptors (Lipinski definition) is 4. The van der Waals surface area contributed by atoms with Crippen LogP contribution in [0.1, 0.15) is 33.4 Å². The molecule has 0 unspecified atom stereocenters. The normalized spacial score (nSPS) is 10.7. The van der Waals surface area contributed by atoms with E-state index in [0.29, 0.717) is 17.3 Å². The van der Waals surface area contributed by atoms with Crippen LogP contribution in [0, 0.1) is 20.8 Å². The third-order valence-corrected chi connectivity index (χ3v) is 2.99. The Labute approximate surface area is 109 Å². The molecular weight excluding hydrogens is 248 g/mol. The van der Waals surface area contributed by atoms with Crippen molar-refractivity contribution in [3.8, 4) is 0 Å². The van der Waals surface area contributed by atoms with Crippen LogP contribution in [0.4, 0.5) is 0 Å². The molecule has 0 spiro atoms. The average Bonchev–Trinajstić information content (AvgIpc) is 2.63. The predicted molar refractivity (Wildman–Crippen MR) is 67.5 cm³/mol.